The fourth-order valence-electron chi connectivity index (χ4n) is 1.97. The molecule has 0 N–H and O–H groups in total. The summed E-state index contributed by atoms with van der Waals surface area (Å²) in [6, 6.07) is 3.94. The summed E-state index contributed by atoms with van der Waals surface area (Å²) < 4.78 is 4.59. The van der Waals surface area contributed by atoms with Gasteiger partial charge in [0.05, 0.1) is 12.0 Å². The minimum atomic E-state index is -0.108. The molecule has 0 saturated heterocycles. The highest BCUT2D eigenvalue weighted by Gasteiger charge is 2.00. The third-order valence-corrected chi connectivity index (χ3v) is 4.15. The average molecular weight is 282 g/mol. The maximum Gasteiger partial charge on any atom is 0.305 e. The zero-order valence-electron chi connectivity index (χ0n) is 11.5. The first-order valence-corrected chi connectivity index (χ1v) is 7.68. The van der Waals surface area contributed by atoms with Crippen molar-refractivity contribution in [2.75, 3.05) is 7.11 Å². The van der Waals surface area contributed by atoms with Gasteiger partial charge in [0.25, 0.3) is 0 Å². The number of rotatable bonds is 10. The van der Waals surface area contributed by atoms with Gasteiger partial charge in [-0.25, -0.2) is 0 Å². The van der Waals surface area contributed by atoms with E-state index in [1.165, 1.54) is 37.7 Å². The van der Waals surface area contributed by atoms with Gasteiger partial charge >= 0.3 is 5.97 Å². The van der Waals surface area contributed by atoms with E-state index in [2.05, 4.69) is 4.74 Å². The van der Waals surface area contributed by atoms with Gasteiger partial charge in [-0.15, -0.1) is 11.3 Å². The van der Waals surface area contributed by atoms with Crippen LogP contribution < -0.4 is 0 Å². The highest BCUT2D eigenvalue weighted by atomic mass is 32.1. The summed E-state index contributed by atoms with van der Waals surface area (Å²) in [5.41, 5.74) is 0. The Labute approximate surface area is 119 Å². The Balaban J connectivity index is 1.93. The molecule has 19 heavy (non-hydrogen) atoms. The van der Waals surface area contributed by atoms with E-state index in [0.717, 1.165) is 30.4 Å². The van der Waals surface area contributed by atoms with Crippen LogP contribution >= 0.6 is 11.3 Å². The van der Waals surface area contributed by atoms with Crippen LogP contribution in [0, 0.1) is 0 Å². The van der Waals surface area contributed by atoms with Gasteiger partial charge in [0, 0.05) is 11.3 Å². The number of hydrogen-bond acceptors (Lipinski definition) is 4. The molecule has 0 atom stereocenters. The molecule has 0 aromatic carbocycles. The molecule has 0 saturated carbocycles. The molecule has 0 amide bonds. The maximum atomic E-state index is 10.9. The van der Waals surface area contributed by atoms with E-state index in [9.17, 15) is 9.59 Å². The fourth-order valence-corrected chi connectivity index (χ4v) is 2.84. The number of methoxy groups -OCH3 is 1. The summed E-state index contributed by atoms with van der Waals surface area (Å²) >= 11 is 1.59. The van der Waals surface area contributed by atoms with E-state index in [4.69, 9.17) is 0 Å². The largest absolute Gasteiger partial charge is 0.469 e. The van der Waals surface area contributed by atoms with Crippen molar-refractivity contribution in [3.05, 3.63) is 21.9 Å². The molecule has 1 heterocycles. The quantitative estimate of drug-likeness (QED) is 0.370. The van der Waals surface area contributed by atoms with Crippen LogP contribution in [-0.4, -0.2) is 19.4 Å². The Hall–Kier alpha value is -1.16. The standard InChI is InChI=1S/C15H22O3S/c1-18-15(17)9-7-5-3-2-4-6-8-13-10-11-14(12-16)19-13/h10-12H,2-9H2,1H3. The molecule has 1 aromatic rings. The molecule has 106 valence electrons. The van der Waals surface area contributed by atoms with Crippen molar-refractivity contribution in [1.82, 2.24) is 0 Å². The molecule has 0 unspecified atom stereocenters. The van der Waals surface area contributed by atoms with E-state index in [1.807, 2.05) is 12.1 Å². The molecule has 0 radical (unpaired) electrons. The second-order valence-electron chi connectivity index (χ2n) is 4.62. The van der Waals surface area contributed by atoms with E-state index in [-0.39, 0.29) is 5.97 Å². The number of hydrogen-bond donors (Lipinski definition) is 0. The van der Waals surface area contributed by atoms with Crippen LogP contribution in [0.25, 0.3) is 0 Å². The summed E-state index contributed by atoms with van der Waals surface area (Å²) in [5, 5.41) is 0. The van der Waals surface area contributed by atoms with Crippen molar-refractivity contribution in [1.29, 1.82) is 0 Å². The second kappa shape index (κ2) is 9.73. The number of aldehydes is 1. The lowest BCUT2D eigenvalue weighted by Crippen LogP contribution is -1.99. The number of esters is 1. The maximum absolute atomic E-state index is 10.9. The lowest BCUT2D eigenvalue weighted by Gasteiger charge is -2.01. The fraction of sp³-hybridized carbons (Fsp3) is 0.600. The Bertz CT molecular complexity index is 384. The van der Waals surface area contributed by atoms with Crippen LogP contribution in [-0.2, 0) is 16.0 Å². The minimum absolute atomic E-state index is 0.108. The molecular weight excluding hydrogens is 260 g/mol. The van der Waals surface area contributed by atoms with Crippen LogP contribution in [0.2, 0.25) is 0 Å². The van der Waals surface area contributed by atoms with Crippen molar-refractivity contribution < 1.29 is 14.3 Å². The number of aryl methyl sites for hydroxylation is 1. The van der Waals surface area contributed by atoms with Gasteiger partial charge in [0.1, 0.15) is 0 Å². The third kappa shape index (κ3) is 7.11. The van der Waals surface area contributed by atoms with Crippen LogP contribution in [0.5, 0.6) is 0 Å². The molecule has 3 nitrogen and oxygen atoms in total. The van der Waals surface area contributed by atoms with E-state index >= 15 is 0 Å². The Morgan fingerprint density at radius 1 is 1.16 bits per heavy atom. The molecule has 0 aliphatic carbocycles. The van der Waals surface area contributed by atoms with Gasteiger partial charge in [0.2, 0.25) is 0 Å². The minimum Gasteiger partial charge on any atom is -0.469 e. The van der Waals surface area contributed by atoms with Crippen molar-refractivity contribution in [3.63, 3.8) is 0 Å². The zero-order valence-corrected chi connectivity index (χ0v) is 12.3. The molecule has 1 rings (SSSR count). The highest BCUT2D eigenvalue weighted by Crippen LogP contribution is 2.18. The van der Waals surface area contributed by atoms with Gasteiger partial charge in [-0.05, 0) is 31.4 Å². The first-order chi connectivity index (χ1) is 9.26. The summed E-state index contributed by atoms with van der Waals surface area (Å²) in [7, 11) is 1.43. The molecule has 0 bridgehead atoms. The lowest BCUT2D eigenvalue weighted by atomic mass is 10.1. The first-order valence-electron chi connectivity index (χ1n) is 6.87. The number of carbonyl (C=O) groups is 2. The second-order valence-corrected chi connectivity index (χ2v) is 5.82. The van der Waals surface area contributed by atoms with Crippen LogP contribution in [0.1, 0.15) is 59.5 Å². The number of carbonyl (C=O) groups excluding carboxylic acids is 2. The predicted octanol–water partition coefficient (Wildman–Crippen LogP) is 4.01. The number of unbranched alkanes of at least 4 members (excludes halogenated alkanes) is 5. The monoisotopic (exact) mass is 282 g/mol. The van der Waals surface area contributed by atoms with Gasteiger partial charge in [-0.2, -0.15) is 0 Å². The molecule has 0 fully saturated rings. The van der Waals surface area contributed by atoms with Gasteiger partial charge < -0.3 is 4.74 Å². The van der Waals surface area contributed by atoms with Gasteiger partial charge in [0.15, 0.2) is 6.29 Å². The summed E-state index contributed by atoms with van der Waals surface area (Å²) in [4.78, 5) is 23.5. The predicted molar refractivity (Wildman–Crippen MR) is 77.7 cm³/mol. The number of ether oxygens (including phenoxy) is 1. The van der Waals surface area contributed by atoms with E-state index < -0.39 is 0 Å². The summed E-state index contributed by atoms with van der Waals surface area (Å²) in [5.74, 6) is -0.108. The topological polar surface area (TPSA) is 43.4 Å². The Kier molecular flexibility index (Phi) is 8.14. The summed E-state index contributed by atoms with van der Waals surface area (Å²) in [6.07, 6.45) is 9.34. The van der Waals surface area contributed by atoms with Crippen LogP contribution in [0.15, 0.2) is 12.1 Å². The van der Waals surface area contributed by atoms with Crippen molar-refractivity contribution in [3.8, 4) is 0 Å². The van der Waals surface area contributed by atoms with Crippen molar-refractivity contribution in [2.45, 2.75) is 51.4 Å². The Morgan fingerprint density at radius 3 is 2.47 bits per heavy atom. The van der Waals surface area contributed by atoms with Crippen molar-refractivity contribution in [2.24, 2.45) is 0 Å². The molecule has 0 aliphatic heterocycles. The number of thiophene rings is 1. The molecular formula is C15H22O3S. The average Bonchev–Trinajstić information content (AvgIpc) is 2.89. The van der Waals surface area contributed by atoms with Crippen LogP contribution in [0.3, 0.4) is 0 Å². The van der Waals surface area contributed by atoms with Crippen LogP contribution in [0.4, 0.5) is 0 Å². The molecule has 4 heteroatoms. The molecule has 0 spiro atoms. The van der Waals surface area contributed by atoms with Gasteiger partial charge in [-0.3, -0.25) is 9.59 Å². The lowest BCUT2D eigenvalue weighted by molar-refractivity contribution is -0.140. The van der Waals surface area contributed by atoms with E-state index in [1.54, 1.807) is 11.3 Å². The van der Waals surface area contributed by atoms with Gasteiger partial charge in [-0.1, -0.05) is 25.7 Å². The Morgan fingerprint density at radius 2 is 1.84 bits per heavy atom. The molecule has 0 aliphatic rings. The normalized spacial score (nSPS) is 10.4. The van der Waals surface area contributed by atoms with Crippen molar-refractivity contribution >= 4 is 23.6 Å². The highest BCUT2D eigenvalue weighted by molar-refractivity contribution is 7.13. The zero-order chi connectivity index (χ0) is 13.9. The smallest absolute Gasteiger partial charge is 0.305 e. The third-order valence-electron chi connectivity index (χ3n) is 3.08. The first kappa shape index (κ1) is 15.9. The SMILES string of the molecule is COC(=O)CCCCCCCCc1ccc(C=O)s1. The summed E-state index contributed by atoms with van der Waals surface area (Å²) in [6.45, 7) is 0. The van der Waals surface area contributed by atoms with E-state index in [0.29, 0.717) is 6.42 Å². The molecule has 1 aromatic heterocycles.